The van der Waals surface area contributed by atoms with Gasteiger partial charge in [0.05, 0.1) is 32.3 Å². The average Bonchev–Trinajstić information content (AvgIpc) is 3.03. The molecule has 3 fully saturated rings. The van der Waals surface area contributed by atoms with E-state index in [1.165, 1.54) is 122 Å². The van der Waals surface area contributed by atoms with Gasteiger partial charge in [0.2, 0.25) is 0 Å². The van der Waals surface area contributed by atoms with E-state index in [4.69, 9.17) is 4.74 Å². The second-order valence-electron chi connectivity index (χ2n) is 13.6. The number of aliphatic hydroxyl groups excluding tert-OH is 1. The van der Waals surface area contributed by atoms with Crippen molar-refractivity contribution >= 4 is 10.9 Å². The molecule has 43 heavy (non-hydrogen) atoms. The summed E-state index contributed by atoms with van der Waals surface area (Å²) in [5.74, 6) is 2.05. The van der Waals surface area contributed by atoms with Crippen LogP contribution in [0.1, 0.15) is 134 Å². The zero-order chi connectivity index (χ0) is 29.6. The maximum atomic E-state index is 12.0. The fourth-order valence-corrected chi connectivity index (χ4v) is 8.20. The fraction of sp³-hybridized carbons (Fsp3) is 0.711. The number of rotatable bonds is 21. The van der Waals surface area contributed by atoms with Crippen LogP contribution in [0.25, 0.3) is 10.9 Å². The smallest absolute Gasteiger partial charge is 0.131 e. The Kier molecular flexibility index (Phi) is 16.1. The van der Waals surface area contributed by atoms with Crippen LogP contribution < -0.4 is 21.7 Å². The molecule has 0 spiro atoms. The summed E-state index contributed by atoms with van der Waals surface area (Å²) in [6.45, 7) is 10.0. The maximum Gasteiger partial charge on any atom is 0.131 e. The lowest BCUT2D eigenvalue weighted by Crippen LogP contribution is -3.00. The van der Waals surface area contributed by atoms with Crippen molar-refractivity contribution in [2.24, 2.45) is 11.8 Å². The molecule has 242 valence electrons. The Labute approximate surface area is 274 Å². The average molecular weight is 658 g/mol. The SMILES string of the molecule is C=CC1C[N+]2(CCCCCCCCCCCCCCCCCC)CCC1C[C@H]2[C@@H](O)c1ccnc2ccc(OC)cc12.[Br-]. The molecule has 4 nitrogen and oxygen atoms in total. The Morgan fingerprint density at radius 3 is 2.12 bits per heavy atom. The largest absolute Gasteiger partial charge is 1.00 e. The van der Waals surface area contributed by atoms with Crippen molar-refractivity contribution in [1.82, 2.24) is 4.98 Å². The predicted octanol–water partition coefficient (Wildman–Crippen LogP) is 6.95. The summed E-state index contributed by atoms with van der Waals surface area (Å²) < 4.78 is 6.57. The second kappa shape index (κ2) is 19.2. The molecule has 0 radical (unpaired) electrons. The third-order valence-corrected chi connectivity index (χ3v) is 10.8. The number of hydrogen-bond acceptors (Lipinski definition) is 3. The summed E-state index contributed by atoms with van der Waals surface area (Å²) in [7, 11) is 1.70. The number of fused-ring (bicyclic) bond motifs is 4. The van der Waals surface area contributed by atoms with E-state index in [1.807, 2.05) is 30.5 Å². The van der Waals surface area contributed by atoms with E-state index in [1.54, 1.807) is 7.11 Å². The van der Waals surface area contributed by atoms with Crippen LogP contribution in [0.4, 0.5) is 0 Å². The first-order valence-electron chi connectivity index (χ1n) is 17.7. The first-order valence-corrected chi connectivity index (χ1v) is 17.7. The first kappa shape index (κ1) is 36.0. The summed E-state index contributed by atoms with van der Waals surface area (Å²) in [5, 5.41) is 13.0. The van der Waals surface area contributed by atoms with Crippen molar-refractivity contribution in [3.8, 4) is 5.75 Å². The lowest BCUT2D eigenvalue weighted by molar-refractivity contribution is -0.973. The molecule has 3 aliphatic heterocycles. The fourth-order valence-electron chi connectivity index (χ4n) is 8.20. The number of piperidine rings is 3. The minimum atomic E-state index is -0.489. The van der Waals surface area contributed by atoms with E-state index in [9.17, 15) is 5.11 Å². The number of unbranched alkanes of at least 4 members (excludes halogenated alkanes) is 15. The molecule has 3 unspecified atom stereocenters. The predicted molar refractivity (Wildman–Crippen MR) is 178 cm³/mol. The molecule has 5 heteroatoms. The molecule has 3 aliphatic rings. The van der Waals surface area contributed by atoms with Crippen LogP contribution >= 0.6 is 0 Å². The van der Waals surface area contributed by atoms with Gasteiger partial charge in [0.1, 0.15) is 17.9 Å². The minimum Gasteiger partial charge on any atom is -1.00 e. The molecule has 0 aliphatic carbocycles. The number of benzene rings is 1. The number of aromatic nitrogens is 1. The third-order valence-electron chi connectivity index (χ3n) is 10.8. The summed E-state index contributed by atoms with van der Waals surface area (Å²) in [6.07, 6.45) is 28.4. The number of aliphatic hydroxyl groups is 1. The molecule has 1 aromatic heterocycles. The topological polar surface area (TPSA) is 42.4 Å². The molecular weight excluding hydrogens is 596 g/mol. The Bertz CT molecular complexity index is 1080. The Balaban J connectivity index is 0.00000506. The minimum absolute atomic E-state index is 0. The molecule has 0 amide bonds. The van der Waals surface area contributed by atoms with Gasteiger partial charge in [-0.25, -0.2) is 0 Å². The molecule has 2 bridgehead atoms. The van der Waals surface area contributed by atoms with Crippen molar-refractivity contribution in [2.45, 2.75) is 135 Å². The number of hydrogen-bond donors (Lipinski definition) is 1. The summed E-state index contributed by atoms with van der Waals surface area (Å²) >= 11 is 0. The van der Waals surface area contributed by atoms with Crippen LogP contribution in [0.2, 0.25) is 0 Å². The zero-order valence-electron chi connectivity index (χ0n) is 27.5. The molecule has 5 atom stereocenters. The zero-order valence-corrected chi connectivity index (χ0v) is 29.0. The van der Waals surface area contributed by atoms with Crippen LogP contribution in [0.3, 0.4) is 0 Å². The highest BCUT2D eigenvalue weighted by Crippen LogP contribution is 2.47. The van der Waals surface area contributed by atoms with Crippen molar-refractivity contribution in [1.29, 1.82) is 0 Å². The summed E-state index contributed by atoms with van der Waals surface area (Å²) in [4.78, 5) is 4.57. The summed E-state index contributed by atoms with van der Waals surface area (Å²) in [5.41, 5.74) is 1.94. The van der Waals surface area contributed by atoms with Gasteiger partial charge in [-0.15, -0.1) is 6.58 Å². The normalized spacial score (nSPS) is 23.7. The number of methoxy groups -OCH3 is 1. The molecule has 3 saturated heterocycles. The molecule has 5 rings (SSSR count). The molecule has 1 aromatic carbocycles. The van der Waals surface area contributed by atoms with Crippen LogP contribution in [-0.2, 0) is 0 Å². The maximum absolute atomic E-state index is 12.0. The van der Waals surface area contributed by atoms with Crippen LogP contribution in [0, 0.1) is 11.8 Å². The van der Waals surface area contributed by atoms with E-state index < -0.39 is 6.10 Å². The van der Waals surface area contributed by atoms with Gasteiger partial charge in [-0.1, -0.05) is 103 Å². The monoisotopic (exact) mass is 656 g/mol. The molecule has 1 N–H and O–H groups in total. The molecular formula is C38H61BrN2O2. The molecule has 0 saturated carbocycles. The van der Waals surface area contributed by atoms with Gasteiger partial charge in [-0.2, -0.15) is 0 Å². The van der Waals surface area contributed by atoms with Gasteiger partial charge in [0, 0.05) is 30.3 Å². The highest BCUT2D eigenvalue weighted by Gasteiger charge is 2.53. The van der Waals surface area contributed by atoms with Crippen molar-refractivity contribution in [2.75, 3.05) is 26.7 Å². The number of halogens is 1. The van der Waals surface area contributed by atoms with E-state index in [0.717, 1.165) is 39.7 Å². The van der Waals surface area contributed by atoms with E-state index in [-0.39, 0.29) is 23.0 Å². The standard InChI is InChI=1S/C38H61N2O2.BrH/c1-4-6-7-8-9-10-11-12-13-14-15-16-17-18-19-20-26-40-27-24-32(31(5-2)30-40)28-37(40)38(41)34-23-25-39-36-22-21-33(42-3)29-35(34)36;/h5,21-23,25,29,31-32,37-38,41H,2,4,6-20,24,26-28,30H2,1,3H3;1H/q+1;/p-1/t31?,32?,37-,38-,40?;/m0./s1. The van der Waals surface area contributed by atoms with Crippen molar-refractivity contribution < 1.29 is 31.3 Å². The number of nitrogens with zero attached hydrogens (tertiary/aromatic N) is 2. The van der Waals surface area contributed by atoms with Gasteiger partial charge in [0.15, 0.2) is 0 Å². The van der Waals surface area contributed by atoms with Crippen molar-refractivity contribution in [3.63, 3.8) is 0 Å². The van der Waals surface area contributed by atoms with Crippen LogP contribution in [-0.4, -0.2) is 47.4 Å². The number of ether oxygens (including phenoxy) is 1. The lowest BCUT2D eigenvalue weighted by Gasteiger charge is -2.58. The third kappa shape index (κ3) is 10.0. The Morgan fingerprint density at radius 2 is 1.53 bits per heavy atom. The number of pyridine rings is 1. The Hall–Kier alpha value is -1.43. The molecule has 4 heterocycles. The summed E-state index contributed by atoms with van der Waals surface area (Å²) in [6, 6.07) is 8.28. The van der Waals surface area contributed by atoms with E-state index in [2.05, 4.69) is 24.6 Å². The number of quaternary nitrogens is 1. The molecule has 2 aromatic rings. The van der Waals surface area contributed by atoms with Crippen molar-refractivity contribution in [3.05, 3.63) is 48.7 Å². The quantitative estimate of drug-likeness (QED) is 0.0898. The first-order chi connectivity index (χ1) is 20.6. The second-order valence-corrected chi connectivity index (χ2v) is 13.6. The van der Waals surface area contributed by atoms with Gasteiger partial charge < -0.3 is 31.3 Å². The van der Waals surface area contributed by atoms with Gasteiger partial charge in [0.25, 0.3) is 0 Å². The highest BCUT2D eigenvalue weighted by molar-refractivity contribution is 5.83. The van der Waals surface area contributed by atoms with E-state index >= 15 is 0 Å². The van der Waals surface area contributed by atoms with Gasteiger partial charge >= 0.3 is 0 Å². The van der Waals surface area contributed by atoms with Gasteiger partial charge in [-0.05, 0) is 48.6 Å². The Morgan fingerprint density at radius 1 is 0.930 bits per heavy atom. The van der Waals surface area contributed by atoms with Crippen LogP contribution in [0.15, 0.2) is 43.1 Å². The highest BCUT2D eigenvalue weighted by atomic mass is 79.9. The van der Waals surface area contributed by atoms with Crippen LogP contribution in [0.5, 0.6) is 5.75 Å². The van der Waals surface area contributed by atoms with E-state index in [0.29, 0.717) is 11.8 Å². The lowest BCUT2D eigenvalue weighted by atomic mass is 9.71. The van der Waals surface area contributed by atoms with Gasteiger partial charge in [-0.3, -0.25) is 4.98 Å².